The van der Waals surface area contributed by atoms with Crippen LogP contribution in [0.2, 0.25) is 0 Å². The number of carbonyl (C=O) groups excluding carboxylic acids is 2. The molecular formula is C16H18O5. The van der Waals surface area contributed by atoms with Crippen LogP contribution in [0.5, 0.6) is 11.5 Å². The van der Waals surface area contributed by atoms with Crippen molar-refractivity contribution < 1.29 is 24.5 Å². The summed E-state index contributed by atoms with van der Waals surface area (Å²) in [5.74, 6) is -1.40. The van der Waals surface area contributed by atoms with Crippen LogP contribution in [0.15, 0.2) is 24.3 Å². The maximum absolute atomic E-state index is 12.1. The lowest BCUT2D eigenvalue weighted by Crippen LogP contribution is -2.18. The highest BCUT2D eigenvalue weighted by Gasteiger charge is 2.20. The van der Waals surface area contributed by atoms with Crippen LogP contribution in [0.3, 0.4) is 0 Å². The van der Waals surface area contributed by atoms with E-state index in [2.05, 4.69) is 0 Å². The summed E-state index contributed by atoms with van der Waals surface area (Å²) in [6, 6.07) is 2.39. The zero-order valence-corrected chi connectivity index (χ0v) is 11.8. The van der Waals surface area contributed by atoms with E-state index < -0.39 is 5.97 Å². The van der Waals surface area contributed by atoms with Crippen molar-refractivity contribution in [1.82, 2.24) is 0 Å². The number of cyclic esters (lactones) is 1. The van der Waals surface area contributed by atoms with E-state index in [4.69, 9.17) is 4.74 Å². The van der Waals surface area contributed by atoms with E-state index in [0.29, 0.717) is 6.42 Å². The van der Waals surface area contributed by atoms with Gasteiger partial charge in [-0.15, -0.1) is 0 Å². The quantitative estimate of drug-likeness (QED) is 0.717. The van der Waals surface area contributed by atoms with Gasteiger partial charge in [0.1, 0.15) is 11.5 Å². The van der Waals surface area contributed by atoms with Gasteiger partial charge in [-0.05, 0) is 43.9 Å². The molecule has 0 bridgehead atoms. The minimum atomic E-state index is -0.480. The Morgan fingerprint density at radius 2 is 2.00 bits per heavy atom. The van der Waals surface area contributed by atoms with Crippen LogP contribution in [0, 0.1) is 0 Å². The Kier molecular flexibility index (Phi) is 4.62. The number of hydrogen-bond acceptors (Lipinski definition) is 5. The first-order valence-corrected chi connectivity index (χ1v) is 6.92. The Morgan fingerprint density at radius 3 is 2.76 bits per heavy atom. The molecule has 0 aromatic heterocycles. The highest BCUT2D eigenvalue weighted by molar-refractivity contribution is 6.08. The lowest BCUT2D eigenvalue weighted by Gasteiger charge is -2.15. The van der Waals surface area contributed by atoms with Crippen LogP contribution in [0.1, 0.15) is 42.1 Å². The van der Waals surface area contributed by atoms with Gasteiger partial charge >= 0.3 is 5.97 Å². The smallest absolute Gasteiger partial charge is 0.310 e. The van der Waals surface area contributed by atoms with Crippen molar-refractivity contribution >= 4 is 11.8 Å². The van der Waals surface area contributed by atoms with Crippen molar-refractivity contribution in [3.8, 4) is 11.5 Å². The molecule has 1 aromatic rings. The molecule has 5 heteroatoms. The molecule has 2 rings (SSSR count). The molecule has 0 saturated heterocycles. The van der Waals surface area contributed by atoms with Crippen LogP contribution < -0.4 is 0 Å². The average molecular weight is 290 g/mol. The largest absolute Gasteiger partial charge is 0.508 e. The van der Waals surface area contributed by atoms with E-state index >= 15 is 0 Å². The number of phenols is 2. The summed E-state index contributed by atoms with van der Waals surface area (Å²) in [5.41, 5.74) is 0.300. The molecule has 1 aliphatic heterocycles. The minimum absolute atomic E-state index is 0.0363. The van der Waals surface area contributed by atoms with Crippen molar-refractivity contribution in [2.75, 3.05) is 0 Å². The first-order chi connectivity index (χ1) is 9.97. The Balaban J connectivity index is 2.43. The fourth-order valence-electron chi connectivity index (χ4n) is 2.37. The molecule has 0 unspecified atom stereocenters. The fourth-order valence-corrected chi connectivity index (χ4v) is 2.37. The van der Waals surface area contributed by atoms with E-state index in [0.717, 1.165) is 18.9 Å². The lowest BCUT2D eigenvalue weighted by atomic mass is 9.98. The van der Waals surface area contributed by atoms with Gasteiger partial charge in [-0.3, -0.25) is 9.59 Å². The van der Waals surface area contributed by atoms with Crippen LogP contribution in [0.25, 0.3) is 0 Å². The normalized spacial score (nSPS) is 21.7. The van der Waals surface area contributed by atoms with E-state index in [1.807, 2.05) is 6.92 Å². The number of carbonyl (C=O) groups is 2. The van der Waals surface area contributed by atoms with Crippen molar-refractivity contribution in [2.24, 2.45) is 0 Å². The van der Waals surface area contributed by atoms with Crippen molar-refractivity contribution in [1.29, 1.82) is 0 Å². The molecule has 112 valence electrons. The molecule has 0 saturated carbocycles. The van der Waals surface area contributed by atoms with E-state index in [-0.39, 0.29) is 40.9 Å². The van der Waals surface area contributed by atoms with Crippen molar-refractivity contribution in [3.63, 3.8) is 0 Å². The predicted octanol–water partition coefficient (Wildman–Crippen LogP) is 2.49. The molecule has 0 radical (unpaired) electrons. The summed E-state index contributed by atoms with van der Waals surface area (Å²) in [7, 11) is 0. The number of ether oxygens (including phenoxy) is 1. The standard InChI is InChI=1S/C16H18O5/c1-10-5-3-2-4-6-13(18)16-11(8-15(20)21-10)7-12(17)9-14(16)19/h4,6-7,9-10,17,19H,2-3,5,8H2,1H3/b6-4+/t10-/m0/s1. The van der Waals surface area contributed by atoms with Crippen LogP contribution in [-0.4, -0.2) is 28.1 Å². The van der Waals surface area contributed by atoms with Crippen molar-refractivity contribution in [2.45, 2.75) is 38.7 Å². The van der Waals surface area contributed by atoms with E-state index in [1.165, 1.54) is 12.1 Å². The molecule has 1 heterocycles. The average Bonchev–Trinajstić information content (AvgIpc) is 2.35. The second kappa shape index (κ2) is 6.43. The molecule has 5 nitrogen and oxygen atoms in total. The Bertz CT molecular complexity index is 589. The number of benzene rings is 1. The SMILES string of the molecule is C[C@H]1CCC/C=C/C(=O)c2c(O)cc(O)cc2CC(=O)O1. The monoisotopic (exact) mass is 290 g/mol. The molecule has 1 aliphatic rings. The summed E-state index contributed by atoms with van der Waals surface area (Å²) in [4.78, 5) is 24.0. The number of ketones is 1. The molecule has 0 fully saturated rings. The van der Waals surface area contributed by atoms with Gasteiger partial charge in [0.25, 0.3) is 0 Å². The minimum Gasteiger partial charge on any atom is -0.508 e. The number of rotatable bonds is 0. The highest BCUT2D eigenvalue weighted by Crippen LogP contribution is 2.29. The molecule has 0 amide bonds. The summed E-state index contributed by atoms with van der Waals surface area (Å²) in [5, 5.41) is 19.4. The van der Waals surface area contributed by atoms with Gasteiger partial charge in [0, 0.05) is 6.07 Å². The third kappa shape index (κ3) is 3.84. The summed E-state index contributed by atoms with van der Waals surface area (Å²) in [6.45, 7) is 1.82. The molecule has 2 N–H and O–H groups in total. The third-order valence-corrected chi connectivity index (χ3v) is 3.35. The number of phenolic OH excluding ortho intramolecular Hbond substituents is 2. The fraction of sp³-hybridized carbons (Fsp3) is 0.375. The first kappa shape index (κ1) is 15.1. The predicted molar refractivity (Wildman–Crippen MR) is 76.4 cm³/mol. The van der Waals surface area contributed by atoms with Crippen LogP contribution in [0.4, 0.5) is 0 Å². The summed E-state index contributed by atoms with van der Waals surface area (Å²) in [6.07, 6.45) is 5.01. The highest BCUT2D eigenvalue weighted by atomic mass is 16.5. The topological polar surface area (TPSA) is 83.8 Å². The summed E-state index contributed by atoms with van der Waals surface area (Å²) >= 11 is 0. The van der Waals surface area contributed by atoms with Gasteiger partial charge < -0.3 is 14.9 Å². The van der Waals surface area contributed by atoms with Crippen molar-refractivity contribution in [3.05, 3.63) is 35.4 Å². The molecule has 0 aliphatic carbocycles. The maximum atomic E-state index is 12.1. The molecular weight excluding hydrogens is 272 g/mol. The van der Waals surface area contributed by atoms with Crippen LogP contribution in [-0.2, 0) is 16.0 Å². The second-order valence-electron chi connectivity index (χ2n) is 5.17. The number of hydrogen-bond donors (Lipinski definition) is 2. The second-order valence-corrected chi connectivity index (χ2v) is 5.17. The molecule has 0 spiro atoms. The van der Waals surface area contributed by atoms with Crippen LogP contribution >= 0.6 is 0 Å². The molecule has 21 heavy (non-hydrogen) atoms. The van der Waals surface area contributed by atoms with Gasteiger partial charge in [0.15, 0.2) is 5.78 Å². The van der Waals surface area contributed by atoms with Gasteiger partial charge in [-0.2, -0.15) is 0 Å². The zero-order chi connectivity index (χ0) is 15.4. The number of allylic oxidation sites excluding steroid dienone is 2. The Hall–Kier alpha value is -2.30. The number of fused-ring (bicyclic) bond motifs is 1. The maximum Gasteiger partial charge on any atom is 0.310 e. The molecule has 1 atom stereocenters. The molecule has 1 aromatic carbocycles. The Morgan fingerprint density at radius 1 is 1.24 bits per heavy atom. The first-order valence-electron chi connectivity index (χ1n) is 6.92. The number of aromatic hydroxyl groups is 2. The van der Waals surface area contributed by atoms with Gasteiger partial charge in [0.2, 0.25) is 0 Å². The Labute approximate surface area is 122 Å². The van der Waals surface area contributed by atoms with E-state index in [1.54, 1.807) is 6.08 Å². The van der Waals surface area contributed by atoms with E-state index in [9.17, 15) is 19.8 Å². The zero-order valence-electron chi connectivity index (χ0n) is 11.8. The lowest BCUT2D eigenvalue weighted by molar-refractivity contribution is -0.147. The van der Waals surface area contributed by atoms with Gasteiger partial charge in [-0.1, -0.05) is 6.08 Å². The van der Waals surface area contributed by atoms with Gasteiger partial charge in [0.05, 0.1) is 18.1 Å². The summed E-state index contributed by atoms with van der Waals surface area (Å²) < 4.78 is 5.26. The third-order valence-electron chi connectivity index (χ3n) is 3.35. The van der Waals surface area contributed by atoms with Gasteiger partial charge in [-0.25, -0.2) is 0 Å². The number of esters is 1.